The molecule has 26 heavy (non-hydrogen) atoms. The monoisotopic (exact) mass is 363 g/mol. The van der Waals surface area contributed by atoms with Crippen LogP contribution in [0.1, 0.15) is 24.1 Å². The third-order valence-electron chi connectivity index (χ3n) is 3.97. The third kappa shape index (κ3) is 4.56. The predicted molar refractivity (Wildman–Crippen MR) is 90.7 cm³/mol. The molecule has 0 saturated heterocycles. The molecule has 0 saturated carbocycles. The zero-order valence-corrected chi connectivity index (χ0v) is 14.3. The van der Waals surface area contributed by atoms with Crippen molar-refractivity contribution in [3.8, 4) is 5.75 Å². The van der Waals surface area contributed by atoms with E-state index in [2.05, 4.69) is 5.32 Å². The van der Waals surface area contributed by atoms with Crippen molar-refractivity contribution in [1.29, 1.82) is 0 Å². The van der Waals surface area contributed by atoms with Crippen molar-refractivity contribution in [3.05, 3.63) is 65.2 Å². The molecule has 0 aliphatic heterocycles. The molecule has 0 heterocycles. The lowest BCUT2D eigenvalue weighted by molar-refractivity contribution is -0.142. The molecule has 0 radical (unpaired) electrons. The highest BCUT2D eigenvalue weighted by atomic mass is 19.1. The molecular formula is C19H19F2NO4. The molecule has 1 amide bonds. The number of halogens is 2. The zero-order valence-electron chi connectivity index (χ0n) is 14.3. The third-order valence-corrected chi connectivity index (χ3v) is 3.97. The van der Waals surface area contributed by atoms with Gasteiger partial charge in [0.15, 0.2) is 17.6 Å². The number of hydrogen-bond acceptors (Lipinski definition) is 3. The van der Waals surface area contributed by atoms with Gasteiger partial charge in [0.05, 0.1) is 7.11 Å². The summed E-state index contributed by atoms with van der Waals surface area (Å²) in [4.78, 5) is 23.8. The van der Waals surface area contributed by atoms with Gasteiger partial charge >= 0.3 is 5.97 Å². The molecule has 2 aromatic carbocycles. The molecule has 0 aliphatic carbocycles. The molecule has 2 atom stereocenters. The molecule has 7 heteroatoms. The highest BCUT2D eigenvalue weighted by molar-refractivity contribution is 5.85. The minimum atomic E-state index is -1.43. The summed E-state index contributed by atoms with van der Waals surface area (Å²) in [6.45, 7) is 1.56. The van der Waals surface area contributed by atoms with E-state index in [4.69, 9.17) is 4.74 Å². The van der Waals surface area contributed by atoms with Gasteiger partial charge in [0.2, 0.25) is 5.91 Å². The van der Waals surface area contributed by atoms with Crippen LogP contribution in [0.5, 0.6) is 5.75 Å². The largest absolute Gasteiger partial charge is 0.494 e. The van der Waals surface area contributed by atoms with Crippen LogP contribution in [-0.2, 0) is 16.0 Å². The highest BCUT2D eigenvalue weighted by Gasteiger charge is 2.26. The lowest BCUT2D eigenvalue weighted by Gasteiger charge is -2.19. The van der Waals surface area contributed by atoms with Gasteiger partial charge < -0.3 is 15.2 Å². The molecular weight excluding hydrogens is 344 g/mol. The van der Waals surface area contributed by atoms with E-state index in [1.807, 2.05) is 0 Å². The standard InChI is InChI=1S/C19H19F2NO4/c1-11(9-12-5-3-4-6-14(12)20)18(23)22-17(19(24)25)13-7-8-16(26-2)15(21)10-13/h3-8,10-11,17H,9H2,1-2H3,(H,22,23)(H,24,25). The van der Waals surface area contributed by atoms with Crippen molar-refractivity contribution in [3.63, 3.8) is 0 Å². The first kappa shape index (κ1) is 19.4. The van der Waals surface area contributed by atoms with E-state index in [0.29, 0.717) is 5.56 Å². The van der Waals surface area contributed by atoms with Gasteiger partial charge in [-0.15, -0.1) is 0 Å². The first-order chi connectivity index (χ1) is 12.3. The number of carboxylic acids is 1. The Morgan fingerprint density at radius 2 is 1.85 bits per heavy atom. The molecule has 138 valence electrons. The predicted octanol–water partition coefficient (Wildman–Crippen LogP) is 3.09. The van der Waals surface area contributed by atoms with E-state index in [0.717, 1.165) is 6.07 Å². The highest BCUT2D eigenvalue weighted by Crippen LogP contribution is 2.23. The Labute approximate surface area is 149 Å². The van der Waals surface area contributed by atoms with Crippen LogP contribution in [0.4, 0.5) is 8.78 Å². The molecule has 2 aromatic rings. The van der Waals surface area contributed by atoms with Crippen molar-refractivity contribution in [1.82, 2.24) is 5.32 Å². The van der Waals surface area contributed by atoms with E-state index in [1.54, 1.807) is 25.1 Å². The number of carboxylic acid groups (broad SMARTS) is 1. The number of amides is 1. The fraction of sp³-hybridized carbons (Fsp3) is 0.263. The second kappa shape index (κ2) is 8.42. The van der Waals surface area contributed by atoms with Gasteiger partial charge in [0.25, 0.3) is 0 Å². The number of ether oxygens (including phenoxy) is 1. The van der Waals surface area contributed by atoms with Crippen LogP contribution in [-0.4, -0.2) is 24.1 Å². The van der Waals surface area contributed by atoms with Crippen LogP contribution in [0.15, 0.2) is 42.5 Å². The Morgan fingerprint density at radius 1 is 1.15 bits per heavy atom. The summed E-state index contributed by atoms with van der Waals surface area (Å²) in [6.07, 6.45) is 0.113. The topological polar surface area (TPSA) is 75.6 Å². The lowest BCUT2D eigenvalue weighted by Crippen LogP contribution is -2.37. The molecule has 0 aromatic heterocycles. The minimum Gasteiger partial charge on any atom is -0.494 e. The summed E-state index contributed by atoms with van der Waals surface area (Å²) in [5.74, 6) is -3.77. The SMILES string of the molecule is COc1ccc(C(NC(=O)C(C)Cc2ccccc2F)C(=O)O)cc1F. The first-order valence-corrected chi connectivity index (χ1v) is 7.93. The summed E-state index contributed by atoms with van der Waals surface area (Å²) < 4.78 is 32.3. The van der Waals surface area contributed by atoms with Crippen LogP contribution >= 0.6 is 0 Å². The van der Waals surface area contributed by atoms with Crippen molar-refractivity contribution in [2.45, 2.75) is 19.4 Å². The lowest BCUT2D eigenvalue weighted by atomic mass is 9.98. The van der Waals surface area contributed by atoms with Crippen LogP contribution in [0.3, 0.4) is 0 Å². The average Bonchev–Trinajstić information content (AvgIpc) is 2.61. The van der Waals surface area contributed by atoms with Crippen molar-refractivity contribution in [2.24, 2.45) is 5.92 Å². The van der Waals surface area contributed by atoms with Gasteiger partial charge in [0, 0.05) is 5.92 Å². The molecule has 5 nitrogen and oxygen atoms in total. The number of carbonyl (C=O) groups excluding carboxylic acids is 1. The van der Waals surface area contributed by atoms with Crippen molar-refractivity contribution in [2.75, 3.05) is 7.11 Å². The van der Waals surface area contributed by atoms with Gasteiger partial charge in [-0.2, -0.15) is 0 Å². The maximum Gasteiger partial charge on any atom is 0.330 e. The normalized spacial score (nSPS) is 12.9. The van der Waals surface area contributed by atoms with Gasteiger partial charge in [-0.05, 0) is 35.7 Å². The zero-order chi connectivity index (χ0) is 19.3. The minimum absolute atomic E-state index is 0.0304. The number of methoxy groups -OCH3 is 1. The van der Waals surface area contributed by atoms with Crippen molar-refractivity contribution >= 4 is 11.9 Å². The molecule has 2 N–H and O–H groups in total. The molecule has 0 aliphatic rings. The molecule has 0 fully saturated rings. The Morgan fingerprint density at radius 3 is 2.42 bits per heavy atom. The van der Waals surface area contributed by atoms with Gasteiger partial charge in [-0.3, -0.25) is 4.79 Å². The van der Waals surface area contributed by atoms with Gasteiger partial charge in [-0.25, -0.2) is 13.6 Å². The number of aliphatic carboxylic acids is 1. The fourth-order valence-electron chi connectivity index (χ4n) is 2.52. The van der Waals surface area contributed by atoms with Crippen LogP contribution in [0.2, 0.25) is 0 Å². The summed E-state index contributed by atoms with van der Waals surface area (Å²) in [6, 6.07) is 8.28. The number of rotatable bonds is 7. The molecule has 0 spiro atoms. The second-order valence-corrected chi connectivity index (χ2v) is 5.87. The van der Waals surface area contributed by atoms with Crippen LogP contribution < -0.4 is 10.1 Å². The van der Waals surface area contributed by atoms with E-state index in [-0.39, 0.29) is 17.7 Å². The quantitative estimate of drug-likeness (QED) is 0.793. The second-order valence-electron chi connectivity index (χ2n) is 5.87. The maximum absolute atomic E-state index is 13.8. The maximum atomic E-state index is 13.8. The molecule has 0 bridgehead atoms. The van der Waals surface area contributed by atoms with Gasteiger partial charge in [-0.1, -0.05) is 31.2 Å². The summed E-state index contributed by atoms with van der Waals surface area (Å²) in [5.41, 5.74) is 0.430. The fourth-order valence-corrected chi connectivity index (χ4v) is 2.52. The smallest absolute Gasteiger partial charge is 0.330 e. The first-order valence-electron chi connectivity index (χ1n) is 7.93. The number of nitrogens with one attached hydrogen (secondary N) is 1. The number of hydrogen-bond donors (Lipinski definition) is 2. The number of benzene rings is 2. The van der Waals surface area contributed by atoms with E-state index >= 15 is 0 Å². The molecule has 2 unspecified atom stereocenters. The number of carbonyl (C=O) groups is 2. The van der Waals surface area contributed by atoms with E-state index < -0.39 is 35.5 Å². The van der Waals surface area contributed by atoms with E-state index in [1.165, 1.54) is 25.3 Å². The molecule has 2 rings (SSSR count). The van der Waals surface area contributed by atoms with Crippen molar-refractivity contribution < 1.29 is 28.2 Å². The Balaban J connectivity index is 2.14. The Bertz CT molecular complexity index is 810. The van der Waals surface area contributed by atoms with Crippen LogP contribution in [0.25, 0.3) is 0 Å². The Kier molecular flexibility index (Phi) is 6.27. The Hall–Kier alpha value is -2.96. The average molecular weight is 363 g/mol. The van der Waals surface area contributed by atoms with E-state index in [9.17, 15) is 23.5 Å². The summed E-state index contributed by atoms with van der Waals surface area (Å²) >= 11 is 0. The van der Waals surface area contributed by atoms with Gasteiger partial charge in [0.1, 0.15) is 5.82 Å². The summed E-state index contributed by atoms with van der Waals surface area (Å²) in [5, 5.41) is 11.7. The summed E-state index contributed by atoms with van der Waals surface area (Å²) in [7, 11) is 1.29. The van der Waals surface area contributed by atoms with Crippen LogP contribution in [0, 0.1) is 17.6 Å².